The molecule has 0 bridgehead atoms. The van der Waals surface area contributed by atoms with Crippen molar-refractivity contribution in [2.75, 3.05) is 19.0 Å². The van der Waals surface area contributed by atoms with Crippen LogP contribution in [0.3, 0.4) is 0 Å². The summed E-state index contributed by atoms with van der Waals surface area (Å²) >= 11 is 1.64. The lowest BCUT2D eigenvalue weighted by Gasteiger charge is -2.15. The number of hydrogen-bond donors (Lipinski definition) is 1. The summed E-state index contributed by atoms with van der Waals surface area (Å²) < 4.78 is 11.5. The minimum absolute atomic E-state index is 0.418. The fraction of sp³-hybridized carbons (Fsp3) is 0.261. The number of aryl methyl sites for hydroxylation is 1. The molecule has 0 radical (unpaired) electrons. The topological polar surface area (TPSA) is 69.2 Å². The zero-order chi connectivity index (χ0) is 21.1. The van der Waals surface area contributed by atoms with Crippen LogP contribution in [0.5, 0.6) is 11.5 Å². The van der Waals surface area contributed by atoms with Crippen molar-refractivity contribution < 1.29 is 9.47 Å². The summed E-state index contributed by atoms with van der Waals surface area (Å²) in [5.41, 5.74) is 3.75. The number of aromatic nitrogens is 3. The monoisotopic (exact) mass is 420 g/mol. The Morgan fingerprint density at radius 1 is 1.10 bits per heavy atom. The first-order valence-electron chi connectivity index (χ1n) is 9.78. The predicted octanol–water partition coefficient (Wildman–Crippen LogP) is 5.85. The van der Waals surface area contributed by atoms with Crippen molar-refractivity contribution >= 4 is 33.7 Å². The van der Waals surface area contributed by atoms with Gasteiger partial charge in [0, 0.05) is 28.1 Å². The first-order chi connectivity index (χ1) is 14.5. The molecule has 30 heavy (non-hydrogen) atoms. The Bertz CT molecular complexity index is 1170. The second-order valence-corrected chi connectivity index (χ2v) is 8.47. The van der Waals surface area contributed by atoms with E-state index in [1.807, 2.05) is 31.2 Å². The molecule has 4 aromatic rings. The molecule has 0 unspecified atom stereocenters. The fourth-order valence-electron chi connectivity index (χ4n) is 3.08. The molecule has 0 amide bonds. The van der Waals surface area contributed by atoms with E-state index >= 15 is 0 Å². The highest BCUT2D eigenvalue weighted by atomic mass is 32.1. The number of rotatable bonds is 7. The Balaban J connectivity index is 1.68. The largest absolute Gasteiger partial charge is 0.493 e. The van der Waals surface area contributed by atoms with E-state index in [1.54, 1.807) is 24.8 Å². The van der Waals surface area contributed by atoms with Crippen molar-refractivity contribution in [3.8, 4) is 22.8 Å². The Labute approximate surface area is 179 Å². The van der Waals surface area contributed by atoms with Crippen LogP contribution < -0.4 is 14.8 Å². The van der Waals surface area contributed by atoms with Crippen LogP contribution in [0.4, 0.5) is 11.5 Å². The van der Waals surface area contributed by atoms with Gasteiger partial charge < -0.3 is 14.8 Å². The summed E-state index contributed by atoms with van der Waals surface area (Å²) in [5.74, 6) is 2.47. The highest BCUT2D eigenvalue weighted by molar-refractivity contribution is 7.09. The van der Waals surface area contributed by atoms with Crippen LogP contribution in [0.15, 0.2) is 48.1 Å². The predicted molar refractivity (Wildman–Crippen MR) is 122 cm³/mol. The van der Waals surface area contributed by atoms with E-state index in [1.165, 1.54) is 0 Å². The molecule has 7 heteroatoms. The molecule has 0 aliphatic heterocycles. The van der Waals surface area contributed by atoms with E-state index in [0.717, 1.165) is 32.9 Å². The number of methoxy groups -OCH3 is 1. The Morgan fingerprint density at radius 3 is 2.70 bits per heavy atom. The molecule has 1 N–H and O–H groups in total. The van der Waals surface area contributed by atoms with Crippen molar-refractivity contribution in [3.05, 3.63) is 53.1 Å². The van der Waals surface area contributed by atoms with Gasteiger partial charge in [-0.3, -0.25) is 0 Å². The molecule has 6 nitrogen and oxygen atoms in total. The first-order valence-corrected chi connectivity index (χ1v) is 10.7. The number of nitrogens with one attached hydrogen (secondary N) is 1. The summed E-state index contributed by atoms with van der Waals surface area (Å²) in [7, 11) is 1.64. The fourth-order valence-corrected chi connectivity index (χ4v) is 3.70. The van der Waals surface area contributed by atoms with E-state index in [-0.39, 0.29) is 0 Å². The zero-order valence-electron chi connectivity index (χ0n) is 17.5. The molecule has 4 rings (SSSR count). The third-order valence-corrected chi connectivity index (χ3v) is 5.31. The van der Waals surface area contributed by atoms with Gasteiger partial charge in [-0.15, -0.1) is 11.3 Å². The molecule has 154 valence electrons. The number of fused-ring (bicyclic) bond motifs is 1. The molecule has 2 heterocycles. The molecule has 2 aromatic heterocycles. The van der Waals surface area contributed by atoms with E-state index in [4.69, 9.17) is 9.47 Å². The van der Waals surface area contributed by atoms with Crippen LogP contribution in [0.2, 0.25) is 0 Å². The third-order valence-electron chi connectivity index (χ3n) is 4.53. The summed E-state index contributed by atoms with van der Waals surface area (Å²) in [6.07, 6.45) is 1.55. The van der Waals surface area contributed by atoms with Gasteiger partial charge in [0.2, 0.25) is 0 Å². The first kappa shape index (κ1) is 20.1. The number of benzene rings is 2. The van der Waals surface area contributed by atoms with E-state index in [2.05, 4.69) is 51.6 Å². The van der Waals surface area contributed by atoms with E-state index < -0.39 is 0 Å². The van der Waals surface area contributed by atoms with Gasteiger partial charge in [0.15, 0.2) is 11.5 Å². The second-order valence-electron chi connectivity index (χ2n) is 7.40. The number of anilines is 2. The lowest BCUT2D eigenvalue weighted by molar-refractivity contribution is 0.257. The molecule has 0 aliphatic rings. The molecular formula is C23H24N4O2S. The highest BCUT2D eigenvalue weighted by Gasteiger charge is 2.13. The summed E-state index contributed by atoms with van der Waals surface area (Å²) in [6, 6.07) is 12.0. The molecule has 0 saturated heterocycles. The van der Waals surface area contributed by atoms with Gasteiger partial charge in [-0.25, -0.2) is 15.0 Å². The number of thiazole rings is 1. The van der Waals surface area contributed by atoms with Gasteiger partial charge in [-0.2, -0.15) is 0 Å². The van der Waals surface area contributed by atoms with Gasteiger partial charge in [0.1, 0.15) is 12.1 Å². The minimum Gasteiger partial charge on any atom is -0.493 e. The maximum Gasteiger partial charge on any atom is 0.163 e. The lowest BCUT2D eigenvalue weighted by atomic mass is 10.1. The van der Waals surface area contributed by atoms with Crippen molar-refractivity contribution in [2.24, 2.45) is 5.92 Å². The Hall–Kier alpha value is -3.19. The van der Waals surface area contributed by atoms with Crippen molar-refractivity contribution in [2.45, 2.75) is 20.8 Å². The van der Waals surface area contributed by atoms with E-state index in [0.29, 0.717) is 29.8 Å². The number of hydrogen-bond acceptors (Lipinski definition) is 7. The molecule has 0 spiro atoms. The van der Waals surface area contributed by atoms with Crippen molar-refractivity contribution in [1.29, 1.82) is 0 Å². The summed E-state index contributed by atoms with van der Waals surface area (Å²) in [5, 5.41) is 7.39. The zero-order valence-corrected chi connectivity index (χ0v) is 18.3. The number of ether oxygens (including phenoxy) is 2. The van der Waals surface area contributed by atoms with Gasteiger partial charge >= 0.3 is 0 Å². The minimum atomic E-state index is 0.418. The molecule has 0 atom stereocenters. The van der Waals surface area contributed by atoms with Crippen molar-refractivity contribution in [3.63, 3.8) is 0 Å². The maximum absolute atomic E-state index is 5.91. The maximum atomic E-state index is 5.91. The Morgan fingerprint density at radius 2 is 1.97 bits per heavy atom. The molecular weight excluding hydrogens is 396 g/mol. The smallest absolute Gasteiger partial charge is 0.163 e. The Kier molecular flexibility index (Phi) is 5.81. The average Bonchev–Trinajstić information content (AvgIpc) is 3.18. The van der Waals surface area contributed by atoms with E-state index in [9.17, 15) is 0 Å². The van der Waals surface area contributed by atoms with Gasteiger partial charge in [-0.1, -0.05) is 26.0 Å². The third kappa shape index (κ3) is 4.36. The standard InChI is InChI=1S/C23H24N4O2S/c1-14(2)11-29-22-10-19-18(9-21(22)28-4)23(25-13-24-19)27-17-7-5-6-16(8-17)20-12-30-15(3)26-20/h5-10,12-14H,11H2,1-4H3,(H,24,25,27). The SMILES string of the molecule is COc1cc2c(Nc3cccc(-c4csc(C)n4)c3)ncnc2cc1OCC(C)C. The van der Waals surface area contributed by atoms with Crippen LogP contribution in [0, 0.1) is 12.8 Å². The highest BCUT2D eigenvalue weighted by Crippen LogP contribution is 2.35. The van der Waals surface area contributed by atoms with Gasteiger partial charge in [-0.05, 0) is 31.0 Å². The lowest BCUT2D eigenvalue weighted by Crippen LogP contribution is -2.06. The summed E-state index contributed by atoms with van der Waals surface area (Å²) in [6.45, 7) is 6.84. The van der Waals surface area contributed by atoms with Crippen LogP contribution in [-0.4, -0.2) is 28.7 Å². The van der Waals surface area contributed by atoms with Gasteiger partial charge in [0.25, 0.3) is 0 Å². The van der Waals surface area contributed by atoms with Crippen LogP contribution in [0.25, 0.3) is 22.2 Å². The molecule has 0 saturated carbocycles. The number of nitrogens with zero attached hydrogens (tertiary/aromatic N) is 3. The molecule has 2 aromatic carbocycles. The van der Waals surface area contributed by atoms with Crippen LogP contribution in [0.1, 0.15) is 18.9 Å². The molecule has 0 aliphatic carbocycles. The normalized spacial score (nSPS) is 11.1. The second kappa shape index (κ2) is 8.67. The summed E-state index contributed by atoms with van der Waals surface area (Å²) in [4.78, 5) is 13.5. The quantitative estimate of drug-likeness (QED) is 0.404. The van der Waals surface area contributed by atoms with Gasteiger partial charge in [0.05, 0.1) is 29.9 Å². The molecule has 0 fully saturated rings. The van der Waals surface area contributed by atoms with Crippen LogP contribution in [-0.2, 0) is 0 Å². The average molecular weight is 421 g/mol. The van der Waals surface area contributed by atoms with Crippen molar-refractivity contribution in [1.82, 2.24) is 15.0 Å². The van der Waals surface area contributed by atoms with Crippen LogP contribution >= 0.6 is 11.3 Å².